The van der Waals surface area contributed by atoms with Crippen LogP contribution in [0.5, 0.6) is 11.5 Å². The molecule has 0 bridgehead atoms. The molecule has 2 aliphatic heterocycles. The summed E-state index contributed by atoms with van der Waals surface area (Å²) in [6, 6.07) is 13.3. The Morgan fingerprint density at radius 2 is 1.88 bits per heavy atom. The molecule has 0 spiro atoms. The standard InChI is InChI=1S/C24H30N4O4/c1-25-24(30)18-6-3-5-17(13-18)20-15-28(10-9-27(20)2)16-23(29)26-19-7-8-21-22(14-19)32-12-4-11-31-21/h3,5-8,13-14,20H,4,9-12,15-16H2,1-2H3,(H,25,30)(H,26,29)/t20-/m0/s1. The fourth-order valence-electron chi connectivity index (χ4n) is 4.11. The van der Waals surface area contributed by atoms with Crippen molar-refractivity contribution >= 4 is 17.5 Å². The third-order valence-corrected chi connectivity index (χ3v) is 5.89. The molecule has 1 saturated heterocycles. The molecule has 0 radical (unpaired) electrons. The van der Waals surface area contributed by atoms with Gasteiger partial charge in [-0.1, -0.05) is 12.1 Å². The number of benzene rings is 2. The monoisotopic (exact) mass is 438 g/mol. The van der Waals surface area contributed by atoms with Crippen LogP contribution in [0.15, 0.2) is 42.5 Å². The summed E-state index contributed by atoms with van der Waals surface area (Å²) >= 11 is 0. The third kappa shape index (κ3) is 5.20. The topological polar surface area (TPSA) is 83.1 Å². The van der Waals surface area contributed by atoms with Crippen LogP contribution in [0.1, 0.15) is 28.4 Å². The highest BCUT2D eigenvalue weighted by Crippen LogP contribution is 2.32. The molecule has 0 unspecified atom stereocenters. The number of hydrogen-bond donors (Lipinski definition) is 2. The zero-order chi connectivity index (χ0) is 22.5. The molecule has 1 fully saturated rings. The number of amides is 2. The lowest BCUT2D eigenvalue weighted by molar-refractivity contribution is -0.118. The molecule has 2 N–H and O–H groups in total. The van der Waals surface area contributed by atoms with Crippen LogP contribution >= 0.6 is 0 Å². The number of carbonyl (C=O) groups is 2. The van der Waals surface area contributed by atoms with Crippen LogP contribution in [-0.2, 0) is 4.79 Å². The van der Waals surface area contributed by atoms with Gasteiger partial charge in [-0.05, 0) is 36.9 Å². The number of hydrogen-bond acceptors (Lipinski definition) is 6. The van der Waals surface area contributed by atoms with Crippen molar-refractivity contribution in [3.05, 3.63) is 53.6 Å². The van der Waals surface area contributed by atoms with Crippen LogP contribution < -0.4 is 20.1 Å². The van der Waals surface area contributed by atoms with Gasteiger partial charge in [0.05, 0.1) is 19.8 Å². The SMILES string of the molecule is CNC(=O)c1cccc([C@@H]2CN(CC(=O)Nc3ccc4c(c3)OCCCO4)CCN2C)c1. The van der Waals surface area contributed by atoms with Gasteiger partial charge in [-0.2, -0.15) is 0 Å². The molecular formula is C24H30N4O4. The zero-order valence-electron chi connectivity index (χ0n) is 18.6. The Morgan fingerprint density at radius 3 is 2.69 bits per heavy atom. The molecule has 8 nitrogen and oxygen atoms in total. The molecule has 32 heavy (non-hydrogen) atoms. The number of nitrogens with one attached hydrogen (secondary N) is 2. The van der Waals surface area contributed by atoms with E-state index in [9.17, 15) is 9.59 Å². The van der Waals surface area contributed by atoms with Crippen molar-refractivity contribution < 1.29 is 19.1 Å². The number of likely N-dealkylation sites (N-methyl/N-ethyl adjacent to an activating group) is 1. The predicted molar refractivity (Wildman–Crippen MR) is 122 cm³/mol. The first-order valence-electron chi connectivity index (χ1n) is 11.0. The molecule has 0 saturated carbocycles. The van der Waals surface area contributed by atoms with Gasteiger partial charge in [0, 0.05) is 56.5 Å². The average molecular weight is 439 g/mol. The van der Waals surface area contributed by atoms with E-state index in [1.807, 2.05) is 42.5 Å². The van der Waals surface area contributed by atoms with Crippen LogP contribution in [0.4, 0.5) is 5.69 Å². The van der Waals surface area contributed by atoms with Crippen LogP contribution in [-0.4, -0.2) is 75.1 Å². The Balaban J connectivity index is 1.39. The first-order valence-corrected chi connectivity index (χ1v) is 11.0. The van der Waals surface area contributed by atoms with E-state index in [0.717, 1.165) is 25.1 Å². The van der Waals surface area contributed by atoms with Crippen LogP contribution in [0, 0.1) is 0 Å². The Hall–Kier alpha value is -3.10. The molecule has 0 aliphatic carbocycles. The van der Waals surface area contributed by atoms with E-state index in [0.29, 0.717) is 49.1 Å². The van der Waals surface area contributed by atoms with Crippen molar-refractivity contribution in [1.82, 2.24) is 15.1 Å². The van der Waals surface area contributed by atoms with Crippen molar-refractivity contribution in [2.24, 2.45) is 0 Å². The summed E-state index contributed by atoms with van der Waals surface area (Å²) in [5.41, 5.74) is 2.41. The summed E-state index contributed by atoms with van der Waals surface area (Å²) in [6.45, 7) is 3.89. The number of anilines is 1. The van der Waals surface area contributed by atoms with E-state index in [1.54, 1.807) is 7.05 Å². The van der Waals surface area contributed by atoms with Crippen molar-refractivity contribution in [1.29, 1.82) is 0 Å². The summed E-state index contributed by atoms with van der Waals surface area (Å²) in [7, 11) is 3.71. The van der Waals surface area contributed by atoms with Gasteiger partial charge in [-0.3, -0.25) is 19.4 Å². The minimum Gasteiger partial charge on any atom is -0.490 e. The first kappa shape index (κ1) is 22.1. The Morgan fingerprint density at radius 1 is 1.06 bits per heavy atom. The third-order valence-electron chi connectivity index (χ3n) is 5.89. The second kappa shape index (κ2) is 10.0. The number of rotatable bonds is 5. The predicted octanol–water partition coefficient (Wildman–Crippen LogP) is 2.13. The maximum absolute atomic E-state index is 12.7. The zero-order valence-corrected chi connectivity index (χ0v) is 18.6. The Bertz CT molecular complexity index is 980. The van der Waals surface area contributed by atoms with Crippen molar-refractivity contribution in [2.45, 2.75) is 12.5 Å². The maximum Gasteiger partial charge on any atom is 0.251 e. The summed E-state index contributed by atoms with van der Waals surface area (Å²) in [5.74, 6) is 1.20. The number of piperazine rings is 1. The number of carbonyl (C=O) groups excluding carboxylic acids is 2. The summed E-state index contributed by atoms with van der Waals surface area (Å²) in [5, 5.41) is 5.64. The van der Waals surface area contributed by atoms with E-state index in [1.165, 1.54) is 0 Å². The van der Waals surface area contributed by atoms with E-state index in [-0.39, 0.29) is 17.9 Å². The molecule has 8 heteroatoms. The van der Waals surface area contributed by atoms with Crippen molar-refractivity contribution in [3.8, 4) is 11.5 Å². The number of fused-ring (bicyclic) bond motifs is 1. The molecule has 2 aromatic carbocycles. The lowest BCUT2D eigenvalue weighted by atomic mass is 10.00. The van der Waals surface area contributed by atoms with Crippen molar-refractivity contribution in [3.63, 3.8) is 0 Å². The second-order valence-corrected chi connectivity index (χ2v) is 8.20. The molecule has 1 atom stereocenters. The minimum atomic E-state index is -0.100. The average Bonchev–Trinajstić information content (AvgIpc) is 3.05. The maximum atomic E-state index is 12.7. The van der Waals surface area contributed by atoms with E-state index < -0.39 is 0 Å². The fraction of sp³-hybridized carbons (Fsp3) is 0.417. The highest BCUT2D eigenvalue weighted by Gasteiger charge is 2.27. The van der Waals surface area contributed by atoms with Crippen LogP contribution in [0.25, 0.3) is 0 Å². The van der Waals surface area contributed by atoms with Gasteiger partial charge in [0.2, 0.25) is 5.91 Å². The van der Waals surface area contributed by atoms with E-state index in [2.05, 4.69) is 27.5 Å². The van der Waals surface area contributed by atoms with Gasteiger partial charge >= 0.3 is 0 Å². The molecular weight excluding hydrogens is 408 g/mol. The normalized spacial score (nSPS) is 19.1. The summed E-state index contributed by atoms with van der Waals surface area (Å²) < 4.78 is 11.4. The highest BCUT2D eigenvalue weighted by molar-refractivity contribution is 5.94. The van der Waals surface area contributed by atoms with Crippen LogP contribution in [0.2, 0.25) is 0 Å². The molecule has 4 rings (SSSR count). The summed E-state index contributed by atoms with van der Waals surface area (Å²) in [4.78, 5) is 29.2. The number of ether oxygens (including phenoxy) is 2. The molecule has 2 amide bonds. The lowest BCUT2D eigenvalue weighted by Crippen LogP contribution is -2.48. The van der Waals surface area contributed by atoms with Gasteiger partial charge in [-0.15, -0.1) is 0 Å². The molecule has 2 aliphatic rings. The highest BCUT2D eigenvalue weighted by atomic mass is 16.5. The van der Waals surface area contributed by atoms with E-state index in [4.69, 9.17) is 9.47 Å². The number of nitrogens with zero attached hydrogens (tertiary/aromatic N) is 2. The van der Waals surface area contributed by atoms with Gasteiger partial charge in [0.1, 0.15) is 0 Å². The van der Waals surface area contributed by atoms with Crippen LogP contribution in [0.3, 0.4) is 0 Å². The van der Waals surface area contributed by atoms with Crippen molar-refractivity contribution in [2.75, 3.05) is 58.8 Å². The first-order chi connectivity index (χ1) is 15.5. The second-order valence-electron chi connectivity index (χ2n) is 8.20. The largest absolute Gasteiger partial charge is 0.490 e. The molecule has 2 heterocycles. The van der Waals surface area contributed by atoms with E-state index >= 15 is 0 Å². The molecule has 170 valence electrons. The van der Waals surface area contributed by atoms with Gasteiger partial charge < -0.3 is 20.1 Å². The summed E-state index contributed by atoms with van der Waals surface area (Å²) in [6.07, 6.45) is 0.840. The lowest BCUT2D eigenvalue weighted by Gasteiger charge is -2.39. The Labute approximate surface area is 188 Å². The fourth-order valence-corrected chi connectivity index (χ4v) is 4.11. The van der Waals surface area contributed by atoms with Gasteiger partial charge in [-0.25, -0.2) is 0 Å². The molecule has 0 aromatic heterocycles. The van der Waals surface area contributed by atoms with Gasteiger partial charge in [0.25, 0.3) is 5.91 Å². The van der Waals surface area contributed by atoms with Gasteiger partial charge in [0.15, 0.2) is 11.5 Å². The molecule has 2 aromatic rings. The quantitative estimate of drug-likeness (QED) is 0.744. The smallest absolute Gasteiger partial charge is 0.251 e. The minimum absolute atomic E-state index is 0.0677. The Kier molecular flexibility index (Phi) is 6.92.